The first-order chi connectivity index (χ1) is 13.6. The van der Waals surface area contributed by atoms with Crippen molar-refractivity contribution in [3.05, 3.63) is 41.7 Å². The van der Waals surface area contributed by atoms with E-state index < -0.39 is 29.5 Å². The largest absolute Gasteiger partial charge is 0.493 e. The fourth-order valence-corrected chi connectivity index (χ4v) is 2.42. The molecule has 2 rings (SSSR count). The Morgan fingerprint density at radius 3 is 2.41 bits per heavy atom. The molecule has 1 aromatic carbocycles. The molecule has 0 spiro atoms. The van der Waals surface area contributed by atoms with Crippen LogP contribution in [0.5, 0.6) is 5.75 Å². The van der Waals surface area contributed by atoms with Gasteiger partial charge < -0.3 is 24.6 Å². The van der Waals surface area contributed by atoms with Gasteiger partial charge >= 0.3 is 17.8 Å². The Morgan fingerprint density at radius 2 is 1.86 bits per heavy atom. The van der Waals surface area contributed by atoms with Gasteiger partial charge in [-0.25, -0.2) is 4.79 Å². The number of nitrogens with zero attached hydrogens (tertiary/aromatic N) is 1. The molecule has 8 nitrogen and oxygen atoms in total. The molecule has 11 heteroatoms. The molecule has 158 valence electrons. The maximum absolute atomic E-state index is 14.1. The molecule has 0 aliphatic carbocycles. The predicted octanol–water partition coefficient (Wildman–Crippen LogP) is 3.05. The summed E-state index contributed by atoms with van der Waals surface area (Å²) in [5.41, 5.74) is -3.80. The summed E-state index contributed by atoms with van der Waals surface area (Å²) in [5.74, 6) is -3.11. The van der Waals surface area contributed by atoms with Crippen molar-refractivity contribution < 1.29 is 36.8 Å². The van der Waals surface area contributed by atoms with Gasteiger partial charge in [0.15, 0.2) is 5.82 Å². The number of para-hydroxylation sites is 1. The molecule has 0 radical (unpaired) electrons. The zero-order valence-electron chi connectivity index (χ0n) is 15.9. The number of hydrogen-bond donors (Lipinski definition) is 2. The summed E-state index contributed by atoms with van der Waals surface area (Å²) < 4.78 is 56.9. The van der Waals surface area contributed by atoms with E-state index in [0.717, 1.165) is 6.07 Å². The zero-order valence-corrected chi connectivity index (χ0v) is 15.9. The molecule has 0 fully saturated rings. The number of ether oxygens (including phenoxy) is 2. The second-order valence-electron chi connectivity index (χ2n) is 5.80. The zero-order chi connectivity index (χ0) is 21.7. The number of anilines is 1. The maximum Gasteiger partial charge on any atom is 0.441 e. The number of alkyl halides is 3. The summed E-state index contributed by atoms with van der Waals surface area (Å²) in [5, 5.41) is 7.04. The van der Waals surface area contributed by atoms with Crippen LogP contribution in [0.1, 0.15) is 30.0 Å². The number of halogens is 3. The van der Waals surface area contributed by atoms with Crippen molar-refractivity contribution in [1.82, 2.24) is 10.5 Å². The molecule has 0 saturated carbocycles. The van der Waals surface area contributed by atoms with Gasteiger partial charge in [0.1, 0.15) is 11.5 Å². The van der Waals surface area contributed by atoms with Crippen LogP contribution in [0.2, 0.25) is 0 Å². The first-order valence-corrected chi connectivity index (χ1v) is 8.64. The molecule has 0 aliphatic heterocycles. The smallest absolute Gasteiger partial charge is 0.441 e. The summed E-state index contributed by atoms with van der Waals surface area (Å²) in [6, 6.07) is 6.84. The Bertz CT molecular complexity index is 868. The number of aryl methyl sites for hydroxylation is 1. The SMILES string of the molecule is CCOC(=O)C(NC(=O)c1ccccc1OCC)(Nc1cc(C)on1)C(F)(F)F. The third-order valence-corrected chi connectivity index (χ3v) is 3.68. The monoisotopic (exact) mass is 415 g/mol. The summed E-state index contributed by atoms with van der Waals surface area (Å²) in [4.78, 5) is 25.1. The maximum atomic E-state index is 14.1. The van der Waals surface area contributed by atoms with Gasteiger partial charge in [0.05, 0.1) is 18.8 Å². The van der Waals surface area contributed by atoms with E-state index in [9.17, 15) is 22.8 Å². The van der Waals surface area contributed by atoms with Crippen molar-refractivity contribution in [2.75, 3.05) is 18.5 Å². The Morgan fingerprint density at radius 1 is 1.17 bits per heavy atom. The average Bonchev–Trinajstić information content (AvgIpc) is 3.05. The summed E-state index contributed by atoms with van der Waals surface area (Å²) in [6.45, 7) is 4.28. The third kappa shape index (κ3) is 4.79. The highest BCUT2D eigenvalue weighted by Crippen LogP contribution is 2.34. The molecular formula is C18H20F3N3O5. The topological polar surface area (TPSA) is 103 Å². The van der Waals surface area contributed by atoms with E-state index in [2.05, 4.69) is 9.89 Å². The molecular weight excluding hydrogens is 395 g/mol. The first-order valence-electron chi connectivity index (χ1n) is 8.64. The molecule has 1 aromatic heterocycles. The van der Waals surface area contributed by atoms with E-state index in [0.29, 0.717) is 0 Å². The van der Waals surface area contributed by atoms with Crippen LogP contribution in [0.25, 0.3) is 0 Å². The lowest BCUT2D eigenvalue weighted by molar-refractivity contribution is -0.204. The number of carbonyl (C=O) groups is 2. The molecule has 29 heavy (non-hydrogen) atoms. The van der Waals surface area contributed by atoms with Gasteiger partial charge in [0, 0.05) is 6.07 Å². The summed E-state index contributed by atoms with van der Waals surface area (Å²) in [6.07, 6.45) is -5.29. The van der Waals surface area contributed by atoms with E-state index >= 15 is 0 Å². The van der Waals surface area contributed by atoms with Gasteiger partial charge in [0.2, 0.25) is 0 Å². The Kier molecular flexibility index (Phi) is 6.72. The fourth-order valence-electron chi connectivity index (χ4n) is 2.42. The highest BCUT2D eigenvalue weighted by atomic mass is 19.4. The number of carbonyl (C=O) groups excluding carboxylic acids is 2. The molecule has 2 N–H and O–H groups in total. The van der Waals surface area contributed by atoms with Crippen LogP contribution in [0.15, 0.2) is 34.9 Å². The Balaban J connectivity index is 2.51. The normalized spacial score (nSPS) is 13.3. The van der Waals surface area contributed by atoms with Gasteiger partial charge in [-0.05, 0) is 32.9 Å². The molecule has 0 aliphatic rings. The van der Waals surface area contributed by atoms with Crippen molar-refractivity contribution in [2.24, 2.45) is 0 Å². The van der Waals surface area contributed by atoms with Crippen molar-refractivity contribution in [3.63, 3.8) is 0 Å². The lowest BCUT2D eigenvalue weighted by atomic mass is 10.1. The number of amides is 1. The Hall–Kier alpha value is -3.24. The van der Waals surface area contributed by atoms with Crippen LogP contribution < -0.4 is 15.4 Å². The highest BCUT2D eigenvalue weighted by Gasteiger charge is 2.64. The average molecular weight is 415 g/mol. The molecule has 0 bridgehead atoms. The summed E-state index contributed by atoms with van der Waals surface area (Å²) in [7, 11) is 0. The van der Waals surface area contributed by atoms with Gasteiger partial charge in [0.25, 0.3) is 5.91 Å². The standard InChI is InChI=1S/C18H20F3N3O5/c1-4-27-13-9-7-6-8-12(13)15(25)23-17(18(19,20)21,16(26)28-5-2)22-14-10-11(3)29-24-14/h6-10H,4-5H2,1-3H3,(H,22,24)(H,23,25). The number of esters is 1. The van der Waals surface area contributed by atoms with Crippen molar-refractivity contribution >= 4 is 17.7 Å². The quantitative estimate of drug-likeness (QED) is 0.505. The number of nitrogens with one attached hydrogen (secondary N) is 2. The first kappa shape index (κ1) is 22.1. The molecule has 1 atom stereocenters. The lowest BCUT2D eigenvalue weighted by Crippen LogP contribution is -2.69. The van der Waals surface area contributed by atoms with E-state index in [1.165, 1.54) is 32.0 Å². The number of aromatic nitrogens is 1. The van der Waals surface area contributed by atoms with Gasteiger partial charge in [-0.15, -0.1) is 0 Å². The van der Waals surface area contributed by atoms with Crippen LogP contribution in [-0.2, 0) is 9.53 Å². The molecule has 2 aromatic rings. The van der Waals surface area contributed by atoms with Crippen LogP contribution in [0, 0.1) is 6.92 Å². The highest BCUT2D eigenvalue weighted by molar-refractivity contribution is 6.01. The molecule has 1 unspecified atom stereocenters. The van der Waals surface area contributed by atoms with Crippen molar-refractivity contribution in [1.29, 1.82) is 0 Å². The minimum atomic E-state index is -5.29. The van der Waals surface area contributed by atoms with Gasteiger partial charge in [-0.3, -0.25) is 4.79 Å². The number of rotatable bonds is 8. The lowest BCUT2D eigenvalue weighted by Gasteiger charge is -2.34. The van der Waals surface area contributed by atoms with Gasteiger partial charge in [-0.2, -0.15) is 13.2 Å². The van der Waals surface area contributed by atoms with Crippen LogP contribution >= 0.6 is 0 Å². The third-order valence-electron chi connectivity index (χ3n) is 3.68. The predicted molar refractivity (Wildman–Crippen MR) is 95.4 cm³/mol. The molecule has 0 saturated heterocycles. The molecule has 1 heterocycles. The van der Waals surface area contributed by atoms with E-state index in [4.69, 9.17) is 9.26 Å². The van der Waals surface area contributed by atoms with E-state index in [1.54, 1.807) is 18.3 Å². The second-order valence-corrected chi connectivity index (χ2v) is 5.80. The second kappa shape index (κ2) is 8.84. The van der Waals surface area contributed by atoms with Crippen LogP contribution in [0.4, 0.5) is 19.0 Å². The van der Waals surface area contributed by atoms with Crippen LogP contribution in [-0.4, -0.2) is 42.1 Å². The van der Waals surface area contributed by atoms with E-state index in [-0.39, 0.29) is 30.3 Å². The van der Waals surface area contributed by atoms with Gasteiger partial charge in [-0.1, -0.05) is 17.3 Å². The molecule has 1 amide bonds. The van der Waals surface area contributed by atoms with Crippen molar-refractivity contribution in [3.8, 4) is 5.75 Å². The minimum Gasteiger partial charge on any atom is -0.493 e. The number of benzene rings is 1. The summed E-state index contributed by atoms with van der Waals surface area (Å²) >= 11 is 0. The van der Waals surface area contributed by atoms with Crippen LogP contribution in [0.3, 0.4) is 0 Å². The van der Waals surface area contributed by atoms with E-state index in [1.807, 2.05) is 5.32 Å². The minimum absolute atomic E-state index is 0.0599. The number of hydrogen-bond acceptors (Lipinski definition) is 7. The van der Waals surface area contributed by atoms with Crippen molar-refractivity contribution in [2.45, 2.75) is 32.6 Å². The fraction of sp³-hybridized carbons (Fsp3) is 0.389. The Labute approximate surface area is 164 Å².